The molecule has 2 fully saturated rings. The highest BCUT2D eigenvalue weighted by Gasteiger charge is 2.47. The lowest BCUT2D eigenvalue weighted by molar-refractivity contribution is -0.00788. The summed E-state index contributed by atoms with van der Waals surface area (Å²) in [7, 11) is 0. The van der Waals surface area contributed by atoms with Gasteiger partial charge in [0.25, 0.3) is 0 Å². The molecule has 1 heterocycles. The van der Waals surface area contributed by atoms with Gasteiger partial charge in [-0.2, -0.15) is 0 Å². The second-order valence-electron chi connectivity index (χ2n) is 8.00. The van der Waals surface area contributed by atoms with Crippen molar-refractivity contribution in [2.24, 2.45) is 11.3 Å². The molecule has 1 saturated carbocycles. The maximum Gasteiger partial charge on any atom is 0.407 e. The smallest absolute Gasteiger partial charge is 0.407 e. The first kappa shape index (κ1) is 17.5. The topological polar surface area (TPSA) is 67.8 Å². The molecule has 1 saturated heterocycles. The average Bonchev–Trinajstić information content (AvgIpc) is 3.17. The molecule has 2 rings (SSSR count). The van der Waals surface area contributed by atoms with Crippen molar-refractivity contribution < 1.29 is 19.4 Å². The van der Waals surface area contributed by atoms with Crippen LogP contribution in [0.4, 0.5) is 4.79 Å². The molecule has 1 aliphatic heterocycles. The molecule has 0 aromatic carbocycles. The third kappa shape index (κ3) is 4.85. The number of carbonyl (C=O) groups is 1. The van der Waals surface area contributed by atoms with Gasteiger partial charge in [0.05, 0.1) is 18.8 Å². The van der Waals surface area contributed by atoms with Gasteiger partial charge in [-0.3, -0.25) is 0 Å². The van der Waals surface area contributed by atoms with Crippen LogP contribution in [-0.2, 0) is 9.47 Å². The summed E-state index contributed by atoms with van der Waals surface area (Å²) in [5.41, 5.74) is -0.777. The Morgan fingerprint density at radius 3 is 2.41 bits per heavy atom. The van der Waals surface area contributed by atoms with Crippen molar-refractivity contribution in [3.05, 3.63) is 0 Å². The summed E-state index contributed by atoms with van der Waals surface area (Å²) in [6.07, 6.45) is 5.28. The van der Waals surface area contributed by atoms with Gasteiger partial charge in [0.15, 0.2) is 0 Å². The van der Waals surface area contributed by atoms with E-state index in [4.69, 9.17) is 9.47 Å². The highest BCUT2D eigenvalue weighted by atomic mass is 16.6. The molecule has 0 bridgehead atoms. The summed E-state index contributed by atoms with van der Waals surface area (Å²) in [6.45, 7) is 8.18. The van der Waals surface area contributed by atoms with Gasteiger partial charge in [0.1, 0.15) is 5.60 Å². The number of nitrogens with one attached hydrogen (secondary N) is 1. The van der Waals surface area contributed by atoms with Gasteiger partial charge in [0, 0.05) is 12.0 Å². The summed E-state index contributed by atoms with van der Waals surface area (Å²) in [5.74, 6) is 0.479. The van der Waals surface area contributed by atoms with Crippen molar-refractivity contribution >= 4 is 6.09 Å². The van der Waals surface area contributed by atoms with E-state index in [1.165, 1.54) is 0 Å². The van der Waals surface area contributed by atoms with Crippen LogP contribution < -0.4 is 5.32 Å². The number of carbonyl (C=O) groups excluding carboxylic acids is 1. The molecule has 2 N–H and O–H groups in total. The molecule has 0 spiro atoms. The van der Waals surface area contributed by atoms with Crippen LogP contribution in [0.2, 0.25) is 0 Å². The van der Waals surface area contributed by atoms with Crippen LogP contribution in [-0.4, -0.2) is 42.2 Å². The maximum absolute atomic E-state index is 11.9. The van der Waals surface area contributed by atoms with Crippen LogP contribution in [0.15, 0.2) is 0 Å². The minimum atomic E-state index is -0.504. The molecule has 0 aromatic rings. The monoisotopic (exact) mass is 313 g/mol. The second-order valence-corrected chi connectivity index (χ2v) is 8.00. The van der Waals surface area contributed by atoms with Crippen LogP contribution >= 0.6 is 0 Å². The van der Waals surface area contributed by atoms with Crippen molar-refractivity contribution in [3.63, 3.8) is 0 Å². The first-order chi connectivity index (χ1) is 10.2. The normalized spacial score (nSPS) is 28.2. The molecule has 5 nitrogen and oxygen atoms in total. The molecule has 0 radical (unpaired) electrons. The molecule has 1 amide bonds. The number of hydrogen-bond donors (Lipinski definition) is 2. The van der Waals surface area contributed by atoms with E-state index >= 15 is 0 Å². The largest absolute Gasteiger partial charge is 0.444 e. The van der Waals surface area contributed by atoms with Crippen molar-refractivity contribution in [1.29, 1.82) is 0 Å². The first-order valence-electron chi connectivity index (χ1n) is 8.47. The average molecular weight is 313 g/mol. The number of rotatable bonds is 6. The molecule has 128 valence electrons. The number of aliphatic hydroxyl groups is 1. The van der Waals surface area contributed by atoms with E-state index in [0.717, 1.165) is 32.1 Å². The minimum Gasteiger partial charge on any atom is -0.444 e. The molecular weight excluding hydrogens is 282 g/mol. The van der Waals surface area contributed by atoms with E-state index in [0.29, 0.717) is 18.6 Å². The SMILES string of the molecule is CC1CCC(CC(CO)(CNC(=O)OC(C)(C)C)C2CC2)O1. The lowest BCUT2D eigenvalue weighted by Gasteiger charge is -2.35. The number of aliphatic hydroxyl groups excluding tert-OH is 1. The lowest BCUT2D eigenvalue weighted by atomic mass is 9.77. The van der Waals surface area contributed by atoms with Crippen LogP contribution in [0.5, 0.6) is 0 Å². The Morgan fingerprint density at radius 2 is 1.95 bits per heavy atom. The van der Waals surface area contributed by atoms with Gasteiger partial charge in [-0.1, -0.05) is 0 Å². The van der Waals surface area contributed by atoms with Gasteiger partial charge in [0.2, 0.25) is 0 Å². The molecule has 3 atom stereocenters. The molecule has 22 heavy (non-hydrogen) atoms. The van der Waals surface area contributed by atoms with Gasteiger partial charge in [-0.25, -0.2) is 4.79 Å². The fraction of sp³-hybridized carbons (Fsp3) is 0.941. The zero-order valence-electron chi connectivity index (χ0n) is 14.4. The Hall–Kier alpha value is -0.810. The van der Waals surface area contributed by atoms with Crippen molar-refractivity contribution in [3.8, 4) is 0 Å². The second kappa shape index (κ2) is 6.75. The zero-order valence-corrected chi connectivity index (χ0v) is 14.4. The Morgan fingerprint density at radius 1 is 1.27 bits per heavy atom. The van der Waals surface area contributed by atoms with Gasteiger partial charge in [-0.05, 0) is 65.7 Å². The highest BCUT2D eigenvalue weighted by molar-refractivity contribution is 5.67. The van der Waals surface area contributed by atoms with Crippen molar-refractivity contribution in [2.45, 2.75) is 77.6 Å². The Balaban J connectivity index is 1.92. The number of hydrogen-bond acceptors (Lipinski definition) is 4. The lowest BCUT2D eigenvalue weighted by Crippen LogP contribution is -2.45. The van der Waals surface area contributed by atoms with E-state index in [-0.39, 0.29) is 18.1 Å². The summed E-state index contributed by atoms with van der Waals surface area (Å²) in [5, 5.41) is 12.9. The number of alkyl carbamates (subject to hydrolysis) is 1. The molecule has 3 unspecified atom stereocenters. The standard InChI is InChI=1S/C17H31NO4/c1-12-5-8-14(21-12)9-17(11-19,13-6-7-13)10-18-15(20)22-16(2,3)4/h12-14,19H,5-11H2,1-4H3,(H,18,20). The summed E-state index contributed by atoms with van der Waals surface area (Å²) in [6, 6.07) is 0. The predicted octanol–water partition coefficient (Wildman–Crippen LogP) is 2.86. The minimum absolute atomic E-state index is 0.0850. The fourth-order valence-electron chi connectivity index (χ4n) is 3.38. The third-order valence-corrected chi connectivity index (χ3v) is 4.70. The number of amides is 1. The zero-order chi connectivity index (χ0) is 16.4. The fourth-order valence-corrected chi connectivity index (χ4v) is 3.38. The van der Waals surface area contributed by atoms with Gasteiger partial charge >= 0.3 is 6.09 Å². The van der Waals surface area contributed by atoms with Crippen LogP contribution in [0.3, 0.4) is 0 Å². The van der Waals surface area contributed by atoms with Crippen LogP contribution in [0.25, 0.3) is 0 Å². The quantitative estimate of drug-likeness (QED) is 0.791. The summed E-state index contributed by atoms with van der Waals surface area (Å²) >= 11 is 0. The summed E-state index contributed by atoms with van der Waals surface area (Å²) < 4.78 is 11.2. The molecular formula is C17H31NO4. The molecule has 5 heteroatoms. The van der Waals surface area contributed by atoms with Gasteiger partial charge in [-0.15, -0.1) is 0 Å². The van der Waals surface area contributed by atoms with Crippen LogP contribution in [0, 0.1) is 11.3 Å². The van der Waals surface area contributed by atoms with E-state index in [1.54, 1.807) is 0 Å². The van der Waals surface area contributed by atoms with Crippen molar-refractivity contribution in [1.82, 2.24) is 5.32 Å². The Kier molecular flexibility index (Phi) is 5.38. The van der Waals surface area contributed by atoms with E-state index in [9.17, 15) is 9.90 Å². The maximum atomic E-state index is 11.9. The third-order valence-electron chi connectivity index (χ3n) is 4.70. The number of ether oxygens (including phenoxy) is 2. The Bertz CT molecular complexity index is 389. The first-order valence-corrected chi connectivity index (χ1v) is 8.47. The van der Waals surface area contributed by atoms with E-state index in [2.05, 4.69) is 12.2 Å². The van der Waals surface area contributed by atoms with E-state index in [1.807, 2.05) is 20.8 Å². The molecule has 0 aromatic heterocycles. The van der Waals surface area contributed by atoms with E-state index < -0.39 is 11.7 Å². The summed E-state index contributed by atoms with van der Waals surface area (Å²) in [4.78, 5) is 11.9. The Labute approximate surface area is 133 Å². The molecule has 1 aliphatic carbocycles. The highest BCUT2D eigenvalue weighted by Crippen LogP contribution is 2.49. The van der Waals surface area contributed by atoms with Crippen molar-refractivity contribution in [2.75, 3.05) is 13.2 Å². The van der Waals surface area contributed by atoms with Gasteiger partial charge < -0.3 is 19.9 Å². The van der Waals surface area contributed by atoms with Crippen LogP contribution in [0.1, 0.15) is 59.8 Å². The predicted molar refractivity (Wildman–Crippen MR) is 84.7 cm³/mol. The molecule has 2 aliphatic rings.